The third kappa shape index (κ3) is 7.50. The Balaban J connectivity index is 3.21. The van der Waals surface area contributed by atoms with Gasteiger partial charge in [-0.2, -0.15) is 0 Å². The fraction of sp³-hybridized carbons (Fsp3) is 0.875. The summed E-state index contributed by atoms with van der Waals surface area (Å²) in [5.74, 6) is -0.141. The normalized spacial score (nSPS) is 12.6. The molecule has 12 heavy (non-hydrogen) atoms. The van der Waals surface area contributed by atoms with Crippen LogP contribution in [0.5, 0.6) is 0 Å². The summed E-state index contributed by atoms with van der Waals surface area (Å²) in [6.07, 6.45) is 1.39. The molecule has 71 valence electrons. The molecule has 0 aromatic carbocycles. The maximum absolute atomic E-state index is 10.4. The predicted octanol–water partition coefficient (Wildman–Crippen LogP) is 0.0842. The van der Waals surface area contributed by atoms with Crippen LogP contribution in [0.2, 0.25) is 0 Å². The van der Waals surface area contributed by atoms with Crippen molar-refractivity contribution in [3.05, 3.63) is 0 Å². The van der Waals surface area contributed by atoms with Gasteiger partial charge in [-0.15, -0.1) is 0 Å². The van der Waals surface area contributed by atoms with Crippen molar-refractivity contribution in [2.24, 2.45) is 0 Å². The lowest BCUT2D eigenvalue weighted by atomic mass is 10.1. The summed E-state index contributed by atoms with van der Waals surface area (Å²) in [5.41, 5.74) is 0. The minimum atomic E-state index is -0.513. The van der Waals surface area contributed by atoms with Gasteiger partial charge in [0.05, 0.1) is 12.7 Å². The van der Waals surface area contributed by atoms with E-state index in [4.69, 9.17) is 0 Å². The number of unbranched alkanes of at least 4 members (excludes halogenated alkanes) is 1. The highest BCUT2D eigenvalue weighted by Gasteiger charge is 2.03. The molecule has 2 N–H and O–H groups in total. The predicted molar refractivity (Wildman–Crippen MR) is 44.1 cm³/mol. The molecule has 0 aromatic heterocycles. The van der Waals surface area contributed by atoms with E-state index in [-0.39, 0.29) is 19.1 Å². The molecule has 0 saturated carbocycles. The van der Waals surface area contributed by atoms with Crippen LogP contribution < -0.4 is 5.32 Å². The van der Waals surface area contributed by atoms with Gasteiger partial charge in [0.15, 0.2) is 0 Å². The molecule has 0 spiro atoms. The van der Waals surface area contributed by atoms with Crippen molar-refractivity contribution in [2.45, 2.75) is 32.3 Å². The monoisotopic (exact) mass is 174 g/mol. The van der Waals surface area contributed by atoms with Crippen molar-refractivity contribution < 1.29 is 15.0 Å². The molecule has 1 amide bonds. The Morgan fingerprint density at radius 1 is 1.50 bits per heavy atom. The summed E-state index contributed by atoms with van der Waals surface area (Å²) >= 11 is 0. The summed E-state index contributed by atoms with van der Waals surface area (Å²) in [6.45, 7) is 1.60. The number of nitrogens with one attached hydrogen (secondary N) is 1. The number of carbonyl (C=O) groups is 1. The van der Waals surface area contributed by atoms with Crippen LogP contribution in [0.3, 0.4) is 0 Å². The quantitative estimate of drug-likeness (QED) is 0.560. The van der Waals surface area contributed by atoms with Crippen molar-refractivity contribution in [2.75, 3.05) is 13.2 Å². The Morgan fingerprint density at radius 3 is 2.67 bits per heavy atom. The highest BCUT2D eigenvalue weighted by Crippen LogP contribution is 1.98. The first-order valence-corrected chi connectivity index (χ1v) is 4.17. The summed E-state index contributed by atoms with van der Waals surface area (Å²) < 4.78 is 0. The van der Waals surface area contributed by atoms with E-state index in [0.29, 0.717) is 12.8 Å². The number of hydrogen-bond donors (Lipinski definition) is 2. The second-order valence-electron chi connectivity index (χ2n) is 2.79. The van der Waals surface area contributed by atoms with E-state index >= 15 is 0 Å². The van der Waals surface area contributed by atoms with Gasteiger partial charge in [-0.05, 0) is 19.3 Å². The Morgan fingerprint density at radius 2 is 2.17 bits per heavy atom. The van der Waals surface area contributed by atoms with Gasteiger partial charge in [-0.25, -0.2) is 5.11 Å². The molecule has 4 nitrogen and oxygen atoms in total. The molecular formula is C8H16NO3. The third-order valence-corrected chi connectivity index (χ3v) is 1.52. The number of amides is 1. The second kappa shape index (κ2) is 7.06. The fourth-order valence-electron chi connectivity index (χ4n) is 0.846. The summed E-state index contributed by atoms with van der Waals surface area (Å²) in [4.78, 5) is 10.4. The number of aliphatic hydroxyl groups is 1. The number of aliphatic hydroxyl groups excluding tert-OH is 1. The smallest absolute Gasteiger partial charge is 0.216 e. The number of hydrogen-bond acceptors (Lipinski definition) is 2. The SMILES string of the molecule is CC(=O)NCC(O)CCCC[O]. The first-order chi connectivity index (χ1) is 5.66. The Kier molecular flexibility index (Phi) is 6.70. The number of carbonyl (C=O) groups excluding carboxylic acids is 1. The second-order valence-corrected chi connectivity index (χ2v) is 2.79. The van der Waals surface area contributed by atoms with Gasteiger partial charge in [-0.3, -0.25) is 4.79 Å². The van der Waals surface area contributed by atoms with Gasteiger partial charge >= 0.3 is 0 Å². The standard InChI is InChI=1S/C8H16NO3/c1-7(11)9-6-8(12)4-2-3-5-10/h8,12H,2-6H2,1H3,(H,9,11). The maximum atomic E-state index is 10.4. The topological polar surface area (TPSA) is 69.2 Å². The van der Waals surface area contributed by atoms with Gasteiger partial charge < -0.3 is 10.4 Å². The van der Waals surface area contributed by atoms with Crippen LogP contribution in [0.15, 0.2) is 0 Å². The van der Waals surface area contributed by atoms with E-state index in [1.165, 1.54) is 6.92 Å². The molecule has 0 aromatic rings. The van der Waals surface area contributed by atoms with E-state index in [1.54, 1.807) is 0 Å². The van der Waals surface area contributed by atoms with Gasteiger partial charge in [-0.1, -0.05) is 0 Å². The van der Waals surface area contributed by atoms with Crippen molar-refractivity contribution in [3.8, 4) is 0 Å². The lowest BCUT2D eigenvalue weighted by Crippen LogP contribution is -2.30. The van der Waals surface area contributed by atoms with Gasteiger partial charge in [0.25, 0.3) is 0 Å². The summed E-state index contributed by atoms with van der Waals surface area (Å²) in [5, 5.41) is 21.7. The molecule has 0 bridgehead atoms. The average molecular weight is 174 g/mol. The van der Waals surface area contributed by atoms with Crippen LogP contribution in [0, 0.1) is 0 Å². The number of rotatable bonds is 6. The molecule has 0 heterocycles. The van der Waals surface area contributed by atoms with Crippen LogP contribution in [-0.2, 0) is 9.90 Å². The Bertz CT molecular complexity index is 127. The van der Waals surface area contributed by atoms with Crippen molar-refractivity contribution in [1.82, 2.24) is 5.32 Å². The maximum Gasteiger partial charge on any atom is 0.216 e. The van der Waals surface area contributed by atoms with E-state index in [0.717, 1.165) is 6.42 Å². The molecule has 0 fully saturated rings. The zero-order chi connectivity index (χ0) is 9.40. The first kappa shape index (κ1) is 11.4. The van der Waals surface area contributed by atoms with Crippen molar-refractivity contribution in [1.29, 1.82) is 0 Å². The highest BCUT2D eigenvalue weighted by atomic mass is 16.3. The molecule has 0 aliphatic heterocycles. The van der Waals surface area contributed by atoms with Crippen molar-refractivity contribution in [3.63, 3.8) is 0 Å². The van der Waals surface area contributed by atoms with Crippen LogP contribution in [-0.4, -0.2) is 30.3 Å². The lowest BCUT2D eigenvalue weighted by molar-refractivity contribution is -0.119. The molecule has 0 saturated heterocycles. The summed E-state index contributed by atoms with van der Waals surface area (Å²) in [7, 11) is 0. The van der Waals surface area contributed by atoms with Crippen LogP contribution in [0.1, 0.15) is 26.2 Å². The molecular weight excluding hydrogens is 158 g/mol. The van der Waals surface area contributed by atoms with Gasteiger partial charge in [0.1, 0.15) is 0 Å². The minimum Gasteiger partial charge on any atom is -0.391 e. The Hall–Kier alpha value is -0.610. The van der Waals surface area contributed by atoms with E-state index < -0.39 is 6.10 Å². The van der Waals surface area contributed by atoms with Crippen LogP contribution in [0.25, 0.3) is 0 Å². The molecule has 0 rings (SSSR count). The van der Waals surface area contributed by atoms with E-state index in [1.807, 2.05) is 0 Å². The van der Waals surface area contributed by atoms with Gasteiger partial charge in [0, 0.05) is 13.5 Å². The lowest BCUT2D eigenvalue weighted by Gasteiger charge is -2.09. The van der Waals surface area contributed by atoms with Crippen LogP contribution in [0.4, 0.5) is 0 Å². The van der Waals surface area contributed by atoms with E-state index in [9.17, 15) is 15.0 Å². The minimum absolute atomic E-state index is 0.0904. The van der Waals surface area contributed by atoms with Gasteiger partial charge in [0.2, 0.25) is 5.91 Å². The molecule has 4 heteroatoms. The zero-order valence-electron chi connectivity index (χ0n) is 7.38. The first-order valence-electron chi connectivity index (χ1n) is 4.17. The molecule has 0 aliphatic rings. The van der Waals surface area contributed by atoms with E-state index in [2.05, 4.69) is 5.32 Å². The van der Waals surface area contributed by atoms with Crippen molar-refractivity contribution >= 4 is 5.91 Å². The molecule has 1 radical (unpaired) electrons. The highest BCUT2D eigenvalue weighted by molar-refractivity contribution is 5.72. The molecule has 1 unspecified atom stereocenters. The fourth-order valence-corrected chi connectivity index (χ4v) is 0.846. The Labute approximate surface area is 72.6 Å². The zero-order valence-corrected chi connectivity index (χ0v) is 7.38. The summed E-state index contributed by atoms with van der Waals surface area (Å²) in [6, 6.07) is 0. The third-order valence-electron chi connectivity index (χ3n) is 1.52. The molecule has 1 atom stereocenters. The van der Waals surface area contributed by atoms with Crippen LogP contribution >= 0.6 is 0 Å². The average Bonchev–Trinajstić information content (AvgIpc) is 2.01. The largest absolute Gasteiger partial charge is 0.391 e. The molecule has 0 aliphatic carbocycles.